The number of rotatable bonds is 5. The topological polar surface area (TPSA) is 59.1 Å². The molecule has 0 bridgehead atoms. The Morgan fingerprint density at radius 1 is 1.10 bits per heavy atom. The van der Waals surface area contributed by atoms with Crippen molar-refractivity contribution in [2.45, 2.75) is 11.3 Å². The third-order valence-corrected chi connectivity index (χ3v) is 5.44. The summed E-state index contributed by atoms with van der Waals surface area (Å²) < 4.78 is 27.2. The third-order valence-electron chi connectivity index (χ3n) is 3.15. The van der Waals surface area contributed by atoms with Crippen molar-refractivity contribution in [3.8, 4) is 0 Å². The molecule has 6 heteroatoms. The third kappa shape index (κ3) is 3.29. The van der Waals surface area contributed by atoms with Gasteiger partial charge in [-0.25, -0.2) is 18.1 Å². The number of fused-ring (bicyclic) bond motifs is 1. The molecule has 0 atom stereocenters. The number of benzene rings is 2. The van der Waals surface area contributed by atoms with Gasteiger partial charge < -0.3 is 0 Å². The van der Waals surface area contributed by atoms with E-state index in [1.165, 1.54) is 11.3 Å². The number of nitrogens with zero attached hydrogens (tertiary/aromatic N) is 1. The number of nitrogens with one attached hydrogen (secondary N) is 1. The number of thiazole rings is 1. The van der Waals surface area contributed by atoms with Gasteiger partial charge >= 0.3 is 0 Å². The Morgan fingerprint density at radius 2 is 1.90 bits per heavy atom. The Labute approximate surface area is 127 Å². The van der Waals surface area contributed by atoms with Crippen LogP contribution < -0.4 is 4.72 Å². The first-order valence-corrected chi connectivity index (χ1v) is 8.88. The van der Waals surface area contributed by atoms with Crippen molar-refractivity contribution in [2.75, 3.05) is 6.54 Å². The average molecular weight is 318 g/mol. The molecule has 0 fully saturated rings. The van der Waals surface area contributed by atoms with Crippen LogP contribution in [0.5, 0.6) is 0 Å². The fraction of sp³-hybridized carbons (Fsp3) is 0.133. The van der Waals surface area contributed by atoms with E-state index in [4.69, 9.17) is 0 Å². The zero-order chi connectivity index (χ0) is 14.7. The predicted molar refractivity (Wildman–Crippen MR) is 85.0 cm³/mol. The standard InChI is InChI=1S/C15H14N2O2S2/c18-21(19,17-8-7-15-16-9-10-20-15)14-6-5-12-3-1-2-4-13(12)11-14/h1-6,9-11,17H,7-8H2. The van der Waals surface area contributed by atoms with Crippen LogP contribution in [0.15, 0.2) is 58.9 Å². The van der Waals surface area contributed by atoms with Crippen LogP contribution in [0.25, 0.3) is 10.8 Å². The molecule has 0 radical (unpaired) electrons. The lowest BCUT2D eigenvalue weighted by Gasteiger charge is -2.07. The second-order valence-corrected chi connectivity index (χ2v) is 7.33. The molecule has 1 N–H and O–H groups in total. The zero-order valence-corrected chi connectivity index (χ0v) is 12.8. The minimum absolute atomic E-state index is 0.292. The average Bonchev–Trinajstić information content (AvgIpc) is 3.00. The molecule has 2 aromatic carbocycles. The summed E-state index contributed by atoms with van der Waals surface area (Å²) in [4.78, 5) is 4.43. The molecule has 0 saturated heterocycles. The van der Waals surface area contributed by atoms with Gasteiger partial charge in [0, 0.05) is 24.5 Å². The second-order valence-electron chi connectivity index (χ2n) is 4.58. The summed E-state index contributed by atoms with van der Waals surface area (Å²) in [6.07, 6.45) is 2.32. The highest BCUT2D eigenvalue weighted by atomic mass is 32.2. The van der Waals surface area contributed by atoms with Crippen LogP contribution in [0.3, 0.4) is 0 Å². The normalized spacial score (nSPS) is 11.8. The van der Waals surface area contributed by atoms with E-state index >= 15 is 0 Å². The molecular formula is C15H14N2O2S2. The summed E-state index contributed by atoms with van der Waals surface area (Å²) in [6, 6.07) is 12.8. The van der Waals surface area contributed by atoms with Crippen LogP contribution in [0.2, 0.25) is 0 Å². The lowest BCUT2D eigenvalue weighted by atomic mass is 10.1. The Bertz CT molecular complexity index is 843. The minimum atomic E-state index is -3.48. The zero-order valence-electron chi connectivity index (χ0n) is 11.2. The van der Waals surface area contributed by atoms with Crippen LogP contribution in [0.4, 0.5) is 0 Å². The van der Waals surface area contributed by atoms with E-state index in [0.717, 1.165) is 15.8 Å². The summed E-state index contributed by atoms with van der Waals surface area (Å²) in [6.45, 7) is 0.350. The van der Waals surface area contributed by atoms with Crippen molar-refractivity contribution in [3.05, 3.63) is 59.0 Å². The van der Waals surface area contributed by atoms with Crippen molar-refractivity contribution < 1.29 is 8.42 Å². The maximum absolute atomic E-state index is 12.3. The molecule has 4 nitrogen and oxygen atoms in total. The first-order valence-electron chi connectivity index (χ1n) is 6.52. The fourth-order valence-corrected chi connectivity index (χ4v) is 3.77. The summed E-state index contributed by atoms with van der Waals surface area (Å²) in [5.41, 5.74) is 0. The first kappa shape index (κ1) is 14.2. The van der Waals surface area contributed by atoms with Gasteiger partial charge in [-0.1, -0.05) is 30.3 Å². The Morgan fingerprint density at radius 3 is 2.67 bits per heavy atom. The van der Waals surface area contributed by atoms with E-state index in [2.05, 4.69) is 9.71 Å². The van der Waals surface area contributed by atoms with E-state index < -0.39 is 10.0 Å². The summed E-state index contributed by atoms with van der Waals surface area (Å²) >= 11 is 1.53. The highest BCUT2D eigenvalue weighted by molar-refractivity contribution is 7.89. The monoisotopic (exact) mass is 318 g/mol. The molecule has 0 aliphatic rings. The van der Waals surface area contributed by atoms with Crippen LogP contribution in [0.1, 0.15) is 5.01 Å². The molecule has 108 valence electrons. The van der Waals surface area contributed by atoms with E-state index in [1.54, 1.807) is 18.3 Å². The van der Waals surface area contributed by atoms with Gasteiger partial charge in [-0.3, -0.25) is 0 Å². The predicted octanol–water partition coefficient (Wildman–Crippen LogP) is 2.82. The van der Waals surface area contributed by atoms with Crippen molar-refractivity contribution in [3.63, 3.8) is 0 Å². The maximum atomic E-state index is 12.3. The van der Waals surface area contributed by atoms with Gasteiger partial charge in [0.2, 0.25) is 10.0 Å². The van der Waals surface area contributed by atoms with Gasteiger partial charge in [-0.05, 0) is 22.9 Å². The molecule has 0 amide bonds. The number of hydrogen-bond donors (Lipinski definition) is 1. The van der Waals surface area contributed by atoms with Crippen LogP contribution in [-0.4, -0.2) is 19.9 Å². The van der Waals surface area contributed by atoms with Gasteiger partial charge in [-0.15, -0.1) is 11.3 Å². The molecule has 0 saturated carbocycles. The Kier molecular flexibility index (Phi) is 4.01. The van der Waals surface area contributed by atoms with Gasteiger partial charge in [0.1, 0.15) is 0 Å². The van der Waals surface area contributed by atoms with Crippen LogP contribution in [0, 0.1) is 0 Å². The van der Waals surface area contributed by atoms with Gasteiger partial charge in [0.05, 0.1) is 9.90 Å². The van der Waals surface area contributed by atoms with E-state index in [9.17, 15) is 8.42 Å². The Balaban J connectivity index is 1.76. The number of aromatic nitrogens is 1. The molecule has 21 heavy (non-hydrogen) atoms. The van der Waals surface area contributed by atoms with Crippen LogP contribution >= 0.6 is 11.3 Å². The number of hydrogen-bond acceptors (Lipinski definition) is 4. The van der Waals surface area contributed by atoms with Gasteiger partial charge in [0.25, 0.3) is 0 Å². The lowest BCUT2D eigenvalue weighted by Crippen LogP contribution is -2.25. The second kappa shape index (κ2) is 5.93. The molecule has 0 aliphatic carbocycles. The molecule has 0 spiro atoms. The lowest BCUT2D eigenvalue weighted by molar-refractivity contribution is 0.581. The smallest absolute Gasteiger partial charge is 0.240 e. The molecule has 0 unspecified atom stereocenters. The number of sulfonamides is 1. The maximum Gasteiger partial charge on any atom is 0.240 e. The minimum Gasteiger partial charge on any atom is -0.250 e. The van der Waals surface area contributed by atoms with Gasteiger partial charge in [-0.2, -0.15) is 0 Å². The van der Waals surface area contributed by atoms with E-state index in [1.807, 2.05) is 35.7 Å². The summed E-state index contributed by atoms with van der Waals surface area (Å²) in [5, 5.41) is 4.75. The summed E-state index contributed by atoms with van der Waals surface area (Å²) in [7, 11) is -3.48. The Hall–Kier alpha value is -1.76. The van der Waals surface area contributed by atoms with Crippen molar-refractivity contribution in [1.82, 2.24) is 9.71 Å². The van der Waals surface area contributed by atoms with Crippen LogP contribution in [-0.2, 0) is 16.4 Å². The molecule has 1 heterocycles. The molecule has 3 aromatic rings. The first-order chi connectivity index (χ1) is 10.1. The van der Waals surface area contributed by atoms with Crippen molar-refractivity contribution >= 4 is 32.1 Å². The quantitative estimate of drug-likeness (QED) is 0.787. The molecular weight excluding hydrogens is 304 g/mol. The van der Waals surface area contributed by atoms with Crippen molar-refractivity contribution in [1.29, 1.82) is 0 Å². The van der Waals surface area contributed by atoms with Gasteiger partial charge in [0.15, 0.2) is 0 Å². The SMILES string of the molecule is O=S(=O)(NCCc1nccs1)c1ccc2ccccc2c1. The molecule has 3 rings (SSSR count). The highest BCUT2D eigenvalue weighted by Gasteiger charge is 2.13. The largest absolute Gasteiger partial charge is 0.250 e. The van der Waals surface area contributed by atoms with Crippen molar-refractivity contribution in [2.24, 2.45) is 0 Å². The van der Waals surface area contributed by atoms with E-state index in [0.29, 0.717) is 17.9 Å². The highest BCUT2D eigenvalue weighted by Crippen LogP contribution is 2.18. The molecule has 0 aliphatic heterocycles. The van der Waals surface area contributed by atoms with E-state index in [-0.39, 0.29) is 0 Å². The fourth-order valence-electron chi connectivity index (χ4n) is 2.09. The molecule has 1 aromatic heterocycles. The summed E-state index contributed by atoms with van der Waals surface area (Å²) in [5.74, 6) is 0.